The maximum atomic E-state index is 13.5. The van der Waals surface area contributed by atoms with E-state index in [-0.39, 0.29) is 17.9 Å². The Morgan fingerprint density at radius 3 is 2.21 bits per heavy atom. The van der Waals surface area contributed by atoms with Gasteiger partial charge in [0.05, 0.1) is 13.0 Å². The predicted molar refractivity (Wildman–Crippen MR) is 125 cm³/mol. The van der Waals surface area contributed by atoms with E-state index >= 15 is 0 Å². The molecular formula is C23H36N4O7. The topological polar surface area (TPSA) is 171 Å². The first-order chi connectivity index (χ1) is 15.5. The maximum Gasteiger partial charge on any atom is 0.408 e. The third kappa shape index (κ3) is 9.65. The van der Waals surface area contributed by atoms with Crippen molar-refractivity contribution in [1.82, 2.24) is 15.5 Å². The van der Waals surface area contributed by atoms with Gasteiger partial charge in [-0.25, -0.2) is 4.79 Å². The van der Waals surface area contributed by atoms with Gasteiger partial charge in [-0.2, -0.15) is 0 Å². The van der Waals surface area contributed by atoms with E-state index in [0.29, 0.717) is 0 Å². The lowest BCUT2D eigenvalue weighted by Gasteiger charge is -2.35. The molecule has 0 aliphatic heterocycles. The molecular weight excluding hydrogens is 444 g/mol. The summed E-state index contributed by atoms with van der Waals surface area (Å²) in [5.74, 6) is -2.43. The van der Waals surface area contributed by atoms with Crippen LogP contribution in [0.5, 0.6) is 5.75 Å². The number of benzene rings is 1. The smallest absolute Gasteiger partial charge is 0.408 e. The zero-order valence-electron chi connectivity index (χ0n) is 20.5. The van der Waals surface area contributed by atoms with Crippen LogP contribution >= 0.6 is 0 Å². The molecule has 2 unspecified atom stereocenters. The van der Waals surface area contributed by atoms with E-state index in [0.717, 1.165) is 4.90 Å². The van der Waals surface area contributed by atoms with Crippen LogP contribution in [0.4, 0.5) is 4.79 Å². The molecule has 0 spiro atoms. The Labute approximate surface area is 199 Å². The molecule has 0 bridgehead atoms. The maximum absolute atomic E-state index is 13.5. The highest BCUT2D eigenvalue weighted by Crippen LogP contribution is 2.26. The quantitative estimate of drug-likeness (QED) is 0.350. The number of aliphatic hydroxyl groups is 1. The Bertz CT molecular complexity index is 890. The molecule has 190 valence electrons. The summed E-state index contributed by atoms with van der Waals surface area (Å²) >= 11 is 0. The Balaban J connectivity index is 3.46. The van der Waals surface area contributed by atoms with Crippen LogP contribution in [0.25, 0.3) is 0 Å². The second kappa shape index (κ2) is 11.7. The molecule has 2 atom stereocenters. The normalized spacial score (nSPS) is 13.4. The number of hydrogen-bond acceptors (Lipinski definition) is 7. The number of phenols is 1. The highest BCUT2D eigenvalue weighted by Gasteiger charge is 2.37. The van der Waals surface area contributed by atoms with Gasteiger partial charge in [-0.3, -0.25) is 14.4 Å². The monoisotopic (exact) mass is 480 g/mol. The molecule has 0 fully saturated rings. The second-order valence-corrected chi connectivity index (χ2v) is 9.86. The average molecular weight is 481 g/mol. The van der Waals surface area contributed by atoms with Gasteiger partial charge in [-0.15, -0.1) is 0 Å². The number of amides is 4. The molecule has 0 saturated heterocycles. The number of nitrogens with two attached hydrogens (primary N) is 1. The average Bonchev–Trinajstić information content (AvgIpc) is 2.63. The molecule has 1 aromatic carbocycles. The van der Waals surface area contributed by atoms with Crippen molar-refractivity contribution < 1.29 is 34.1 Å². The number of ether oxygens (including phenoxy) is 1. The summed E-state index contributed by atoms with van der Waals surface area (Å²) in [6, 6.07) is 3.01. The highest BCUT2D eigenvalue weighted by atomic mass is 16.6. The van der Waals surface area contributed by atoms with E-state index in [1.54, 1.807) is 41.5 Å². The van der Waals surface area contributed by atoms with E-state index in [9.17, 15) is 29.4 Å². The molecule has 6 N–H and O–H groups in total. The minimum absolute atomic E-state index is 0.136. The third-order valence-corrected chi connectivity index (χ3v) is 4.26. The number of carbonyl (C=O) groups is 4. The number of nitrogens with one attached hydrogen (secondary N) is 2. The van der Waals surface area contributed by atoms with Crippen LogP contribution in [-0.4, -0.2) is 69.3 Å². The lowest BCUT2D eigenvalue weighted by Crippen LogP contribution is -2.56. The molecule has 11 nitrogen and oxygen atoms in total. The standard InChI is InChI=1S/C23H36N4O7/c1-22(2,3)26-19(31)18(14-8-7-9-15(29)12-14)27(10-11-28)20(32)16(13-17(24)30)25-21(33)34-23(4,5)6/h7-9,12,16,18,28-29H,10-11,13H2,1-6H3,(H2,24,30)(H,25,33)(H,26,31). The van der Waals surface area contributed by atoms with Gasteiger partial charge in [0, 0.05) is 12.1 Å². The van der Waals surface area contributed by atoms with Gasteiger partial charge in [0.2, 0.25) is 17.7 Å². The third-order valence-electron chi connectivity index (χ3n) is 4.26. The number of primary amides is 1. The van der Waals surface area contributed by atoms with Crippen molar-refractivity contribution in [2.24, 2.45) is 5.73 Å². The Hall–Kier alpha value is -3.34. The van der Waals surface area contributed by atoms with Crippen molar-refractivity contribution in [3.8, 4) is 5.75 Å². The molecule has 0 aromatic heterocycles. The lowest BCUT2D eigenvalue weighted by atomic mass is 10.00. The van der Waals surface area contributed by atoms with Crippen molar-refractivity contribution in [3.63, 3.8) is 0 Å². The largest absolute Gasteiger partial charge is 0.508 e. The highest BCUT2D eigenvalue weighted by molar-refractivity contribution is 5.94. The summed E-state index contributed by atoms with van der Waals surface area (Å²) in [5, 5.41) is 24.7. The Kier molecular flexibility index (Phi) is 9.86. The molecule has 0 heterocycles. The van der Waals surface area contributed by atoms with Gasteiger partial charge in [-0.1, -0.05) is 12.1 Å². The summed E-state index contributed by atoms with van der Waals surface area (Å²) in [6.45, 7) is 9.33. The van der Waals surface area contributed by atoms with Crippen molar-refractivity contribution in [1.29, 1.82) is 0 Å². The number of carbonyl (C=O) groups excluding carboxylic acids is 4. The minimum atomic E-state index is -1.46. The van der Waals surface area contributed by atoms with Gasteiger partial charge in [0.25, 0.3) is 0 Å². The van der Waals surface area contributed by atoms with Crippen molar-refractivity contribution >= 4 is 23.8 Å². The summed E-state index contributed by atoms with van der Waals surface area (Å²) in [4.78, 5) is 51.8. The molecule has 4 amide bonds. The SMILES string of the molecule is CC(C)(C)NC(=O)C(c1cccc(O)c1)N(CCO)C(=O)C(CC(N)=O)NC(=O)OC(C)(C)C. The lowest BCUT2D eigenvalue weighted by molar-refractivity contribution is -0.144. The minimum Gasteiger partial charge on any atom is -0.508 e. The van der Waals surface area contributed by atoms with Crippen LogP contribution in [-0.2, 0) is 19.1 Å². The van der Waals surface area contributed by atoms with Gasteiger partial charge in [0.15, 0.2) is 0 Å². The van der Waals surface area contributed by atoms with Crippen LogP contribution < -0.4 is 16.4 Å². The number of aliphatic hydroxyl groups excluding tert-OH is 1. The second-order valence-electron chi connectivity index (χ2n) is 9.86. The van der Waals surface area contributed by atoms with Crippen LogP contribution in [0.3, 0.4) is 0 Å². The fraction of sp³-hybridized carbons (Fsp3) is 0.565. The number of nitrogens with zero attached hydrogens (tertiary/aromatic N) is 1. The number of phenolic OH excluding ortho intramolecular Hbond substituents is 1. The molecule has 0 saturated carbocycles. The van der Waals surface area contributed by atoms with Crippen molar-refractivity contribution in [2.45, 2.75) is 71.2 Å². The van der Waals surface area contributed by atoms with E-state index < -0.39 is 60.1 Å². The molecule has 11 heteroatoms. The first-order valence-electron chi connectivity index (χ1n) is 10.8. The first kappa shape index (κ1) is 28.7. The van der Waals surface area contributed by atoms with E-state index in [4.69, 9.17) is 10.5 Å². The summed E-state index contributed by atoms with van der Waals surface area (Å²) in [7, 11) is 0. The summed E-state index contributed by atoms with van der Waals surface area (Å²) < 4.78 is 5.18. The van der Waals surface area contributed by atoms with Crippen molar-refractivity contribution in [2.75, 3.05) is 13.2 Å². The summed E-state index contributed by atoms with van der Waals surface area (Å²) in [6.07, 6.45) is -1.52. The number of alkyl carbamates (subject to hydrolysis) is 1. The Morgan fingerprint density at radius 2 is 1.74 bits per heavy atom. The molecule has 0 aliphatic rings. The molecule has 1 aromatic rings. The van der Waals surface area contributed by atoms with Gasteiger partial charge in [0.1, 0.15) is 23.4 Å². The van der Waals surface area contributed by atoms with E-state index in [1.165, 1.54) is 24.3 Å². The number of rotatable bonds is 9. The fourth-order valence-electron chi connectivity index (χ4n) is 3.13. The molecule has 0 radical (unpaired) electrons. The zero-order chi connectivity index (χ0) is 26.3. The fourth-order valence-corrected chi connectivity index (χ4v) is 3.13. The first-order valence-corrected chi connectivity index (χ1v) is 10.8. The van der Waals surface area contributed by atoms with E-state index in [1.807, 2.05) is 0 Å². The van der Waals surface area contributed by atoms with E-state index in [2.05, 4.69) is 10.6 Å². The number of aromatic hydroxyl groups is 1. The zero-order valence-corrected chi connectivity index (χ0v) is 20.5. The molecule has 34 heavy (non-hydrogen) atoms. The summed E-state index contributed by atoms with van der Waals surface area (Å²) in [5.41, 5.74) is 4.02. The van der Waals surface area contributed by atoms with Crippen LogP contribution in [0.2, 0.25) is 0 Å². The number of hydrogen-bond donors (Lipinski definition) is 5. The van der Waals surface area contributed by atoms with Gasteiger partial charge >= 0.3 is 6.09 Å². The van der Waals surface area contributed by atoms with Crippen LogP contribution in [0.1, 0.15) is 59.6 Å². The van der Waals surface area contributed by atoms with Gasteiger partial charge < -0.3 is 36.2 Å². The predicted octanol–water partition coefficient (Wildman–Crippen LogP) is 0.938. The molecule has 0 aliphatic carbocycles. The van der Waals surface area contributed by atoms with Gasteiger partial charge in [-0.05, 0) is 59.2 Å². The van der Waals surface area contributed by atoms with Crippen LogP contribution in [0.15, 0.2) is 24.3 Å². The van der Waals surface area contributed by atoms with Crippen LogP contribution in [0, 0.1) is 0 Å². The Morgan fingerprint density at radius 1 is 1.12 bits per heavy atom. The molecule has 1 rings (SSSR count). The van der Waals surface area contributed by atoms with Crippen molar-refractivity contribution in [3.05, 3.63) is 29.8 Å².